The summed E-state index contributed by atoms with van der Waals surface area (Å²) < 4.78 is 0. The Morgan fingerprint density at radius 1 is 0.958 bits per heavy atom. The summed E-state index contributed by atoms with van der Waals surface area (Å²) in [6.45, 7) is 1.78. The Kier molecular flexibility index (Phi) is 4.16. The zero-order valence-corrected chi connectivity index (χ0v) is 13.0. The molecule has 3 aromatic carbocycles. The number of rotatable bonds is 3. The molecule has 0 saturated heterocycles. The van der Waals surface area contributed by atoms with Crippen LogP contribution < -0.4 is 5.43 Å². The number of phenols is 2. The van der Waals surface area contributed by atoms with E-state index in [-0.39, 0.29) is 17.1 Å². The molecular weight excluding hydrogens is 304 g/mol. The van der Waals surface area contributed by atoms with Gasteiger partial charge in [-0.15, -0.1) is 0 Å². The summed E-state index contributed by atoms with van der Waals surface area (Å²) in [5, 5.41) is 25.4. The average Bonchev–Trinajstić information content (AvgIpc) is 2.61. The Balaban J connectivity index is 1.82. The Labute approximate surface area is 138 Å². The molecule has 0 aliphatic rings. The second-order valence-electron chi connectivity index (χ2n) is 5.40. The minimum absolute atomic E-state index is 0.0370. The van der Waals surface area contributed by atoms with Crippen LogP contribution in [0.2, 0.25) is 0 Å². The molecule has 0 fully saturated rings. The van der Waals surface area contributed by atoms with Crippen molar-refractivity contribution in [3.05, 3.63) is 71.8 Å². The van der Waals surface area contributed by atoms with Gasteiger partial charge in [-0.3, -0.25) is 4.79 Å². The van der Waals surface area contributed by atoms with Crippen molar-refractivity contribution in [2.45, 2.75) is 6.92 Å². The number of benzene rings is 3. The van der Waals surface area contributed by atoms with E-state index in [9.17, 15) is 15.0 Å². The lowest BCUT2D eigenvalue weighted by Gasteiger charge is -2.06. The van der Waals surface area contributed by atoms with Crippen molar-refractivity contribution in [2.75, 3.05) is 0 Å². The molecule has 120 valence electrons. The van der Waals surface area contributed by atoms with E-state index in [0.717, 1.165) is 16.3 Å². The molecule has 0 aliphatic carbocycles. The van der Waals surface area contributed by atoms with Crippen molar-refractivity contribution in [1.82, 2.24) is 5.43 Å². The van der Waals surface area contributed by atoms with Crippen molar-refractivity contribution in [2.24, 2.45) is 5.10 Å². The SMILES string of the molecule is C/C(=N/NC(=O)c1cc(O)ccc1O)c1ccc2ccccc2c1. The molecule has 1 amide bonds. The number of carbonyl (C=O) groups is 1. The van der Waals surface area contributed by atoms with Crippen LogP contribution in [0.15, 0.2) is 65.8 Å². The Bertz CT molecular complexity index is 948. The predicted octanol–water partition coefficient (Wildman–Crippen LogP) is 3.41. The van der Waals surface area contributed by atoms with E-state index >= 15 is 0 Å². The van der Waals surface area contributed by atoms with Crippen LogP contribution in [0, 0.1) is 0 Å². The van der Waals surface area contributed by atoms with Crippen molar-refractivity contribution in [3.63, 3.8) is 0 Å². The van der Waals surface area contributed by atoms with Crippen molar-refractivity contribution >= 4 is 22.4 Å². The summed E-state index contributed by atoms with van der Waals surface area (Å²) in [6.07, 6.45) is 0. The fraction of sp³-hybridized carbons (Fsp3) is 0.0526. The van der Waals surface area contributed by atoms with Crippen molar-refractivity contribution in [1.29, 1.82) is 0 Å². The first kappa shape index (κ1) is 15.6. The molecule has 0 unspecified atom stereocenters. The maximum atomic E-state index is 12.1. The van der Waals surface area contributed by atoms with E-state index in [0.29, 0.717) is 5.71 Å². The number of phenolic OH excluding ortho intramolecular Hbond substituents is 2. The number of hydrogen-bond donors (Lipinski definition) is 3. The highest BCUT2D eigenvalue weighted by molar-refractivity contribution is 6.03. The number of nitrogens with zero attached hydrogens (tertiary/aromatic N) is 1. The van der Waals surface area contributed by atoms with Crippen molar-refractivity contribution < 1.29 is 15.0 Å². The molecule has 0 saturated carbocycles. The van der Waals surface area contributed by atoms with E-state index in [1.54, 1.807) is 6.92 Å². The third-order valence-corrected chi connectivity index (χ3v) is 3.72. The van der Waals surface area contributed by atoms with Crippen LogP contribution in [0.25, 0.3) is 10.8 Å². The number of amides is 1. The largest absolute Gasteiger partial charge is 0.508 e. The monoisotopic (exact) mass is 320 g/mol. The molecule has 3 aromatic rings. The van der Waals surface area contributed by atoms with Crippen molar-refractivity contribution in [3.8, 4) is 11.5 Å². The number of hydrogen-bond acceptors (Lipinski definition) is 4. The first-order chi connectivity index (χ1) is 11.5. The second-order valence-corrected chi connectivity index (χ2v) is 5.40. The van der Waals surface area contributed by atoms with Gasteiger partial charge in [0.25, 0.3) is 5.91 Å². The molecule has 3 rings (SSSR count). The van der Waals surface area contributed by atoms with Gasteiger partial charge in [0.2, 0.25) is 0 Å². The lowest BCUT2D eigenvalue weighted by molar-refractivity contribution is 0.0951. The second kappa shape index (κ2) is 6.42. The Hall–Kier alpha value is -3.34. The molecule has 0 spiro atoms. The zero-order valence-electron chi connectivity index (χ0n) is 13.0. The summed E-state index contributed by atoms with van der Waals surface area (Å²) in [5.74, 6) is -0.916. The smallest absolute Gasteiger partial charge is 0.275 e. The van der Waals surface area contributed by atoms with Crippen LogP contribution >= 0.6 is 0 Å². The van der Waals surface area contributed by atoms with E-state index in [1.807, 2.05) is 42.5 Å². The number of hydrazone groups is 1. The topological polar surface area (TPSA) is 81.9 Å². The minimum atomic E-state index is -0.594. The van der Waals surface area contributed by atoms with Crippen LogP contribution in [-0.4, -0.2) is 21.8 Å². The lowest BCUT2D eigenvalue weighted by Crippen LogP contribution is -2.19. The van der Waals surface area contributed by atoms with Gasteiger partial charge in [-0.2, -0.15) is 5.10 Å². The normalized spacial score (nSPS) is 11.5. The highest BCUT2D eigenvalue weighted by Gasteiger charge is 2.11. The minimum Gasteiger partial charge on any atom is -0.508 e. The maximum Gasteiger partial charge on any atom is 0.275 e. The average molecular weight is 320 g/mol. The van der Waals surface area contributed by atoms with Gasteiger partial charge >= 0.3 is 0 Å². The van der Waals surface area contributed by atoms with Gasteiger partial charge in [0.05, 0.1) is 11.3 Å². The van der Waals surface area contributed by atoms with Gasteiger partial charge < -0.3 is 10.2 Å². The first-order valence-corrected chi connectivity index (χ1v) is 7.40. The quantitative estimate of drug-likeness (QED) is 0.393. The third-order valence-electron chi connectivity index (χ3n) is 3.72. The Morgan fingerprint density at radius 3 is 2.50 bits per heavy atom. The van der Waals surface area contributed by atoms with E-state index in [2.05, 4.69) is 10.5 Å². The third kappa shape index (κ3) is 3.20. The van der Waals surface area contributed by atoms with Gasteiger partial charge in [-0.1, -0.05) is 36.4 Å². The van der Waals surface area contributed by atoms with Gasteiger partial charge in [-0.25, -0.2) is 5.43 Å². The molecular formula is C19H16N2O3. The number of fused-ring (bicyclic) bond motifs is 1. The van der Waals surface area contributed by atoms with E-state index in [4.69, 9.17) is 0 Å². The summed E-state index contributed by atoms with van der Waals surface area (Å²) in [6, 6.07) is 17.6. The first-order valence-electron chi connectivity index (χ1n) is 7.40. The number of aromatic hydroxyl groups is 2. The molecule has 0 bridgehead atoms. The summed E-state index contributed by atoms with van der Waals surface area (Å²) in [5.41, 5.74) is 3.87. The molecule has 0 aliphatic heterocycles. The molecule has 5 heteroatoms. The zero-order chi connectivity index (χ0) is 17.1. The van der Waals surface area contributed by atoms with Crippen LogP contribution in [-0.2, 0) is 0 Å². The maximum absolute atomic E-state index is 12.1. The summed E-state index contributed by atoms with van der Waals surface area (Å²) in [4.78, 5) is 12.1. The fourth-order valence-corrected chi connectivity index (χ4v) is 2.38. The van der Waals surface area contributed by atoms with Crippen LogP contribution in [0.3, 0.4) is 0 Å². The van der Waals surface area contributed by atoms with Gasteiger partial charge in [-0.05, 0) is 47.5 Å². The van der Waals surface area contributed by atoms with Gasteiger partial charge in [0.15, 0.2) is 0 Å². The van der Waals surface area contributed by atoms with Crippen LogP contribution in [0.4, 0.5) is 0 Å². The molecule has 3 N–H and O–H groups in total. The highest BCUT2D eigenvalue weighted by Crippen LogP contribution is 2.22. The standard InChI is InChI=1S/C19H16N2O3/c1-12(14-7-6-13-4-2-3-5-15(13)10-14)20-21-19(24)17-11-16(22)8-9-18(17)23/h2-11,22-23H,1H3,(H,21,24)/b20-12-. The van der Waals surface area contributed by atoms with Gasteiger partial charge in [0, 0.05) is 0 Å². The molecule has 5 nitrogen and oxygen atoms in total. The summed E-state index contributed by atoms with van der Waals surface area (Å²) in [7, 11) is 0. The lowest BCUT2D eigenvalue weighted by atomic mass is 10.0. The Morgan fingerprint density at radius 2 is 1.71 bits per heavy atom. The highest BCUT2D eigenvalue weighted by atomic mass is 16.3. The van der Waals surface area contributed by atoms with Crippen LogP contribution in [0.5, 0.6) is 11.5 Å². The molecule has 0 heterocycles. The molecule has 24 heavy (non-hydrogen) atoms. The molecule has 0 radical (unpaired) electrons. The fourth-order valence-electron chi connectivity index (χ4n) is 2.38. The van der Waals surface area contributed by atoms with Crippen LogP contribution in [0.1, 0.15) is 22.8 Å². The van der Waals surface area contributed by atoms with E-state index in [1.165, 1.54) is 18.2 Å². The predicted molar refractivity (Wildman–Crippen MR) is 93.4 cm³/mol. The molecule has 0 atom stereocenters. The van der Waals surface area contributed by atoms with E-state index < -0.39 is 5.91 Å². The molecule has 0 aromatic heterocycles. The number of carbonyl (C=O) groups excluding carboxylic acids is 1. The summed E-state index contributed by atoms with van der Waals surface area (Å²) >= 11 is 0. The van der Waals surface area contributed by atoms with Gasteiger partial charge in [0.1, 0.15) is 11.5 Å². The number of nitrogens with one attached hydrogen (secondary N) is 1.